The summed E-state index contributed by atoms with van der Waals surface area (Å²) in [5.41, 5.74) is 10.1. The molecule has 0 amide bonds. The molecule has 0 bridgehead atoms. The van der Waals surface area contributed by atoms with Gasteiger partial charge in [0.1, 0.15) is 0 Å². The zero-order chi connectivity index (χ0) is 12.7. The second-order valence-corrected chi connectivity index (χ2v) is 5.24. The molecule has 18 heavy (non-hydrogen) atoms. The third kappa shape index (κ3) is 1.66. The highest BCUT2D eigenvalue weighted by Crippen LogP contribution is 2.34. The van der Waals surface area contributed by atoms with Gasteiger partial charge in [0.15, 0.2) is 0 Å². The summed E-state index contributed by atoms with van der Waals surface area (Å²) < 4.78 is 0. The quantitative estimate of drug-likeness (QED) is 0.596. The molecule has 94 valence electrons. The second kappa shape index (κ2) is 4.25. The number of hydrogen-bond acceptors (Lipinski definition) is 3. The van der Waals surface area contributed by atoms with Gasteiger partial charge in [0.05, 0.1) is 11.2 Å². The molecule has 1 aliphatic rings. The average Bonchev–Trinajstić information content (AvgIpc) is 2.35. The Kier molecular flexibility index (Phi) is 2.71. The van der Waals surface area contributed by atoms with E-state index in [4.69, 9.17) is 10.8 Å². The van der Waals surface area contributed by atoms with E-state index in [0.29, 0.717) is 0 Å². The van der Waals surface area contributed by atoms with Crippen LogP contribution in [0.15, 0.2) is 12.1 Å². The van der Waals surface area contributed by atoms with E-state index in [0.717, 1.165) is 24.0 Å². The van der Waals surface area contributed by atoms with Crippen molar-refractivity contribution in [2.24, 2.45) is 5.84 Å². The number of aromatic nitrogens is 1. The number of benzene rings is 1. The predicted octanol–water partition coefficient (Wildman–Crippen LogP) is 3.02. The second-order valence-electron chi connectivity index (χ2n) is 5.24. The van der Waals surface area contributed by atoms with Crippen molar-refractivity contribution in [3.05, 3.63) is 34.5 Å². The zero-order valence-electron chi connectivity index (χ0n) is 11.0. The molecule has 0 atom stereocenters. The van der Waals surface area contributed by atoms with Gasteiger partial charge in [0.25, 0.3) is 0 Å². The average molecular weight is 241 g/mol. The number of pyridine rings is 1. The van der Waals surface area contributed by atoms with E-state index in [1.54, 1.807) is 0 Å². The first-order valence-corrected chi connectivity index (χ1v) is 6.60. The van der Waals surface area contributed by atoms with E-state index < -0.39 is 0 Å². The van der Waals surface area contributed by atoms with Gasteiger partial charge in [-0.3, -0.25) is 10.8 Å². The molecule has 3 heteroatoms. The Morgan fingerprint density at radius 2 is 1.94 bits per heavy atom. The number of rotatable bonds is 1. The molecule has 0 unspecified atom stereocenters. The summed E-state index contributed by atoms with van der Waals surface area (Å²) in [6.45, 7) is 4.25. The molecule has 1 aromatic heterocycles. The van der Waals surface area contributed by atoms with Crippen molar-refractivity contribution in [2.45, 2.75) is 39.5 Å². The fraction of sp³-hybridized carbons (Fsp3) is 0.400. The van der Waals surface area contributed by atoms with E-state index in [9.17, 15) is 0 Å². The number of hydrogen-bond donors (Lipinski definition) is 2. The van der Waals surface area contributed by atoms with E-state index in [1.807, 2.05) is 0 Å². The van der Waals surface area contributed by atoms with Crippen LogP contribution in [0.25, 0.3) is 10.9 Å². The van der Waals surface area contributed by atoms with Gasteiger partial charge in [0.2, 0.25) is 0 Å². The highest BCUT2D eigenvalue weighted by Gasteiger charge is 2.18. The van der Waals surface area contributed by atoms with Gasteiger partial charge < -0.3 is 5.43 Å². The van der Waals surface area contributed by atoms with Gasteiger partial charge in [-0.1, -0.05) is 6.07 Å². The van der Waals surface area contributed by atoms with Gasteiger partial charge in [-0.15, -0.1) is 0 Å². The summed E-state index contributed by atoms with van der Waals surface area (Å²) in [6, 6.07) is 4.35. The van der Waals surface area contributed by atoms with Crippen LogP contribution in [-0.4, -0.2) is 4.98 Å². The Bertz CT molecular complexity index is 617. The minimum Gasteiger partial charge on any atom is -0.323 e. The summed E-state index contributed by atoms with van der Waals surface area (Å²) in [6.07, 6.45) is 4.64. The van der Waals surface area contributed by atoms with Gasteiger partial charge in [0, 0.05) is 11.1 Å². The van der Waals surface area contributed by atoms with Crippen molar-refractivity contribution in [2.75, 3.05) is 5.43 Å². The van der Waals surface area contributed by atoms with Crippen LogP contribution in [0.2, 0.25) is 0 Å². The first-order chi connectivity index (χ1) is 8.70. The number of aryl methyl sites for hydroxylation is 3. The Hall–Kier alpha value is -1.61. The highest BCUT2D eigenvalue weighted by atomic mass is 15.2. The number of fused-ring (bicyclic) bond motifs is 2. The molecule has 3 rings (SSSR count). The molecule has 1 aromatic carbocycles. The van der Waals surface area contributed by atoms with Crippen LogP contribution in [0.4, 0.5) is 5.69 Å². The molecular weight excluding hydrogens is 222 g/mol. The first-order valence-electron chi connectivity index (χ1n) is 6.60. The van der Waals surface area contributed by atoms with Gasteiger partial charge in [-0.25, -0.2) is 0 Å². The van der Waals surface area contributed by atoms with Crippen LogP contribution < -0.4 is 11.3 Å². The number of nitrogens with two attached hydrogens (primary N) is 1. The van der Waals surface area contributed by atoms with Crippen molar-refractivity contribution in [3.8, 4) is 0 Å². The molecule has 1 aliphatic carbocycles. The minimum absolute atomic E-state index is 1.07. The van der Waals surface area contributed by atoms with Crippen LogP contribution in [0.3, 0.4) is 0 Å². The van der Waals surface area contributed by atoms with Crippen molar-refractivity contribution < 1.29 is 0 Å². The smallest absolute Gasteiger partial charge is 0.0732 e. The Morgan fingerprint density at radius 1 is 1.17 bits per heavy atom. The summed E-state index contributed by atoms with van der Waals surface area (Å²) in [4.78, 5) is 4.85. The van der Waals surface area contributed by atoms with Crippen molar-refractivity contribution in [1.29, 1.82) is 0 Å². The number of nitrogen functional groups attached to an aromatic ring is 1. The molecule has 0 saturated heterocycles. The summed E-state index contributed by atoms with van der Waals surface area (Å²) in [7, 11) is 0. The molecule has 3 N–H and O–H groups in total. The van der Waals surface area contributed by atoms with E-state index in [2.05, 4.69) is 31.4 Å². The lowest BCUT2D eigenvalue weighted by molar-refractivity contribution is 0.672. The van der Waals surface area contributed by atoms with Gasteiger partial charge in [-0.05, 0) is 62.3 Å². The van der Waals surface area contributed by atoms with E-state index in [1.165, 1.54) is 40.6 Å². The molecule has 0 radical (unpaired) electrons. The first kappa shape index (κ1) is 11.5. The highest BCUT2D eigenvalue weighted by molar-refractivity contribution is 5.96. The maximum atomic E-state index is 5.77. The molecule has 0 spiro atoms. The van der Waals surface area contributed by atoms with Crippen LogP contribution in [0.1, 0.15) is 35.2 Å². The molecule has 3 nitrogen and oxygen atoms in total. The number of anilines is 1. The Morgan fingerprint density at radius 3 is 2.72 bits per heavy atom. The summed E-state index contributed by atoms with van der Waals surface area (Å²) in [5, 5.41) is 1.18. The predicted molar refractivity (Wildman–Crippen MR) is 75.7 cm³/mol. The van der Waals surface area contributed by atoms with Crippen molar-refractivity contribution >= 4 is 16.6 Å². The molecule has 0 fully saturated rings. The van der Waals surface area contributed by atoms with Crippen LogP contribution in [0, 0.1) is 13.8 Å². The molecule has 0 saturated carbocycles. The van der Waals surface area contributed by atoms with E-state index >= 15 is 0 Å². The fourth-order valence-corrected chi connectivity index (χ4v) is 3.10. The zero-order valence-corrected chi connectivity index (χ0v) is 11.0. The molecule has 2 aromatic rings. The molecule has 0 aliphatic heterocycles. The van der Waals surface area contributed by atoms with Crippen LogP contribution in [0.5, 0.6) is 0 Å². The Labute approximate surface area is 107 Å². The van der Waals surface area contributed by atoms with Crippen molar-refractivity contribution in [3.63, 3.8) is 0 Å². The number of hydrazine groups is 1. The third-order valence-corrected chi connectivity index (χ3v) is 3.85. The summed E-state index contributed by atoms with van der Waals surface area (Å²) in [5.74, 6) is 5.77. The van der Waals surface area contributed by atoms with E-state index in [-0.39, 0.29) is 0 Å². The lowest BCUT2D eigenvalue weighted by atomic mass is 9.91. The monoisotopic (exact) mass is 241 g/mol. The standard InChI is InChI=1S/C15H19N3/c1-9-7-10(2)14-13(8-9)17-12-6-4-3-5-11(12)15(14)18-16/h7-8H,3-6,16H2,1-2H3,(H,17,18). The molecule has 1 heterocycles. The minimum atomic E-state index is 1.07. The Balaban J connectivity index is 2.40. The number of nitrogens with one attached hydrogen (secondary N) is 1. The molecular formula is C15H19N3. The van der Waals surface area contributed by atoms with Crippen LogP contribution >= 0.6 is 0 Å². The fourth-order valence-electron chi connectivity index (χ4n) is 3.10. The topological polar surface area (TPSA) is 50.9 Å². The summed E-state index contributed by atoms with van der Waals surface area (Å²) >= 11 is 0. The maximum Gasteiger partial charge on any atom is 0.0732 e. The number of nitrogens with zero attached hydrogens (tertiary/aromatic N) is 1. The van der Waals surface area contributed by atoms with Gasteiger partial charge in [-0.2, -0.15) is 0 Å². The lowest BCUT2D eigenvalue weighted by Crippen LogP contribution is -2.15. The lowest BCUT2D eigenvalue weighted by Gasteiger charge is -2.21. The normalized spacial score (nSPS) is 14.6. The van der Waals surface area contributed by atoms with Gasteiger partial charge >= 0.3 is 0 Å². The largest absolute Gasteiger partial charge is 0.323 e. The third-order valence-electron chi connectivity index (χ3n) is 3.85. The van der Waals surface area contributed by atoms with Crippen molar-refractivity contribution in [1.82, 2.24) is 4.98 Å². The SMILES string of the molecule is Cc1cc(C)c2c(NN)c3c(nc2c1)CCCC3. The maximum absolute atomic E-state index is 5.77. The van der Waals surface area contributed by atoms with Crippen LogP contribution in [-0.2, 0) is 12.8 Å².